The maximum atomic E-state index is 11.0. The molecular weight excluding hydrogens is 255 g/mol. The molecular formula is C8H10BrClN2O. The second-order valence-corrected chi connectivity index (χ2v) is 3.89. The van der Waals surface area contributed by atoms with Gasteiger partial charge in [0.1, 0.15) is 5.69 Å². The Bertz CT molecular complexity index is 335. The third kappa shape index (κ3) is 2.11. The molecule has 0 saturated carbocycles. The first kappa shape index (κ1) is 10.7. The minimum absolute atomic E-state index is 0.421. The van der Waals surface area contributed by atoms with Crippen molar-refractivity contribution in [2.75, 3.05) is 0 Å². The number of carbonyl (C=O) groups excluding carboxylic acids is 1. The summed E-state index contributed by atoms with van der Waals surface area (Å²) in [7, 11) is 1.71. The summed E-state index contributed by atoms with van der Waals surface area (Å²) < 4.78 is 2.22. The zero-order valence-electron chi connectivity index (χ0n) is 7.47. The first-order valence-electron chi connectivity index (χ1n) is 3.99. The molecule has 0 fully saturated rings. The van der Waals surface area contributed by atoms with Gasteiger partial charge in [-0.3, -0.25) is 9.48 Å². The largest absolute Gasteiger partial charge is 0.274 e. The van der Waals surface area contributed by atoms with Gasteiger partial charge in [-0.05, 0) is 34.0 Å². The number of hydrogen-bond donors (Lipinski definition) is 0. The van der Waals surface area contributed by atoms with Gasteiger partial charge < -0.3 is 0 Å². The summed E-state index contributed by atoms with van der Waals surface area (Å²) >= 11 is 8.71. The quantitative estimate of drug-likeness (QED) is 0.787. The van der Waals surface area contributed by atoms with Crippen LogP contribution in [0.2, 0.25) is 0 Å². The van der Waals surface area contributed by atoms with Crippen molar-refractivity contribution in [3.8, 4) is 0 Å². The first-order chi connectivity index (χ1) is 6.07. The fourth-order valence-electron chi connectivity index (χ4n) is 1.16. The molecule has 0 aromatic carbocycles. The van der Waals surface area contributed by atoms with E-state index in [1.165, 1.54) is 4.68 Å². The Morgan fingerprint density at radius 2 is 2.31 bits per heavy atom. The molecule has 0 bridgehead atoms. The molecule has 13 heavy (non-hydrogen) atoms. The lowest BCUT2D eigenvalue weighted by Crippen LogP contribution is -2.01. The summed E-state index contributed by atoms with van der Waals surface area (Å²) in [5.74, 6) is 0. The highest BCUT2D eigenvalue weighted by atomic mass is 79.9. The normalized spacial score (nSPS) is 10.5. The maximum absolute atomic E-state index is 11.0. The predicted octanol–water partition coefficient (Wildman–Crippen LogP) is 2.51. The molecule has 0 unspecified atom stereocenters. The first-order valence-corrected chi connectivity index (χ1v) is 5.16. The Labute approximate surface area is 90.2 Å². The Morgan fingerprint density at radius 3 is 2.69 bits per heavy atom. The van der Waals surface area contributed by atoms with E-state index in [9.17, 15) is 4.79 Å². The smallest absolute Gasteiger partial charge is 0.271 e. The van der Waals surface area contributed by atoms with Crippen LogP contribution in [0.3, 0.4) is 0 Å². The van der Waals surface area contributed by atoms with E-state index >= 15 is 0 Å². The molecule has 0 aliphatic heterocycles. The molecule has 0 N–H and O–H groups in total. The van der Waals surface area contributed by atoms with E-state index in [1.807, 2.05) is 0 Å². The molecule has 0 aliphatic carbocycles. The number of carbonyl (C=O) groups is 1. The van der Waals surface area contributed by atoms with Gasteiger partial charge in [0.2, 0.25) is 0 Å². The summed E-state index contributed by atoms with van der Waals surface area (Å²) in [6.07, 6.45) is 1.84. The van der Waals surface area contributed by atoms with Gasteiger partial charge in [0.25, 0.3) is 5.24 Å². The van der Waals surface area contributed by atoms with Crippen LogP contribution in [-0.4, -0.2) is 15.0 Å². The van der Waals surface area contributed by atoms with Crippen molar-refractivity contribution < 1.29 is 4.79 Å². The third-order valence-corrected chi connectivity index (χ3v) is 2.74. The zero-order chi connectivity index (χ0) is 10.0. The molecule has 0 atom stereocenters. The van der Waals surface area contributed by atoms with Crippen LogP contribution in [-0.2, 0) is 13.5 Å². The summed E-state index contributed by atoms with van der Waals surface area (Å²) in [5, 5.41) is 3.70. The Hall–Kier alpha value is -0.350. The average Bonchev–Trinajstić information content (AvgIpc) is 2.28. The lowest BCUT2D eigenvalue weighted by Gasteiger charge is -1.93. The highest BCUT2D eigenvalue weighted by Crippen LogP contribution is 2.23. The monoisotopic (exact) mass is 264 g/mol. The number of aromatic nitrogens is 2. The van der Waals surface area contributed by atoms with Crippen molar-refractivity contribution in [3.05, 3.63) is 15.9 Å². The minimum Gasteiger partial charge on any atom is -0.274 e. The topological polar surface area (TPSA) is 34.9 Å². The summed E-state index contributed by atoms with van der Waals surface area (Å²) in [6, 6.07) is 0. The van der Waals surface area contributed by atoms with Crippen LogP contribution in [0, 0.1) is 0 Å². The van der Waals surface area contributed by atoms with Crippen molar-refractivity contribution in [3.63, 3.8) is 0 Å². The molecule has 0 amide bonds. The molecule has 0 saturated heterocycles. The minimum atomic E-state index is -0.482. The molecule has 5 heteroatoms. The lowest BCUT2D eigenvalue weighted by molar-refractivity contribution is 0.107. The second kappa shape index (κ2) is 4.24. The van der Waals surface area contributed by atoms with Crippen LogP contribution in [0.4, 0.5) is 0 Å². The predicted molar refractivity (Wildman–Crippen MR) is 55.1 cm³/mol. The number of hydrogen-bond acceptors (Lipinski definition) is 2. The summed E-state index contributed by atoms with van der Waals surface area (Å²) in [5.41, 5.74) is 1.30. The van der Waals surface area contributed by atoms with Crippen molar-refractivity contribution in [1.29, 1.82) is 0 Å². The van der Waals surface area contributed by atoms with Crippen LogP contribution in [0.5, 0.6) is 0 Å². The Balaban J connectivity index is 3.14. The summed E-state index contributed by atoms with van der Waals surface area (Å²) in [6.45, 7) is 2.06. The molecule has 72 valence electrons. The van der Waals surface area contributed by atoms with E-state index in [0.717, 1.165) is 23.0 Å². The molecule has 0 spiro atoms. The fourth-order valence-corrected chi connectivity index (χ4v) is 2.21. The molecule has 1 aromatic heterocycles. The van der Waals surface area contributed by atoms with Gasteiger partial charge in [-0.15, -0.1) is 0 Å². The zero-order valence-corrected chi connectivity index (χ0v) is 9.81. The molecule has 1 heterocycles. The van der Waals surface area contributed by atoms with Gasteiger partial charge in [0, 0.05) is 7.05 Å². The average molecular weight is 266 g/mol. The number of rotatable bonds is 3. The highest BCUT2D eigenvalue weighted by molar-refractivity contribution is 9.10. The molecule has 1 rings (SSSR count). The molecule has 0 radical (unpaired) electrons. The van der Waals surface area contributed by atoms with E-state index in [2.05, 4.69) is 28.0 Å². The Morgan fingerprint density at radius 1 is 1.69 bits per heavy atom. The van der Waals surface area contributed by atoms with Crippen LogP contribution < -0.4 is 0 Å². The standard InChI is InChI=1S/C8H10BrClN2O/c1-3-4-5-6(9)7(8(10)13)12(2)11-5/h3-4H2,1-2H3. The third-order valence-electron chi connectivity index (χ3n) is 1.73. The summed E-state index contributed by atoms with van der Waals surface area (Å²) in [4.78, 5) is 11.0. The number of aryl methyl sites for hydroxylation is 2. The maximum Gasteiger partial charge on any atom is 0.271 e. The van der Waals surface area contributed by atoms with Crippen molar-refractivity contribution >= 4 is 32.8 Å². The van der Waals surface area contributed by atoms with Gasteiger partial charge in [0.15, 0.2) is 0 Å². The van der Waals surface area contributed by atoms with Gasteiger partial charge in [-0.1, -0.05) is 13.3 Å². The van der Waals surface area contributed by atoms with Crippen molar-refractivity contribution in [1.82, 2.24) is 9.78 Å². The SMILES string of the molecule is CCCc1nn(C)c(C(=O)Cl)c1Br. The van der Waals surface area contributed by atoms with Crippen LogP contribution in [0.15, 0.2) is 4.47 Å². The molecule has 0 aliphatic rings. The van der Waals surface area contributed by atoms with Gasteiger partial charge in [-0.2, -0.15) is 5.10 Å². The van der Waals surface area contributed by atoms with E-state index in [4.69, 9.17) is 11.6 Å². The highest BCUT2D eigenvalue weighted by Gasteiger charge is 2.17. The fraction of sp³-hybridized carbons (Fsp3) is 0.500. The lowest BCUT2D eigenvalue weighted by atomic mass is 10.2. The van der Waals surface area contributed by atoms with Crippen LogP contribution in [0.1, 0.15) is 29.5 Å². The van der Waals surface area contributed by atoms with E-state index in [0.29, 0.717) is 5.69 Å². The van der Waals surface area contributed by atoms with Gasteiger partial charge in [0.05, 0.1) is 10.2 Å². The van der Waals surface area contributed by atoms with Crippen molar-refractivity contribution in [2.24, 2.45) is 7.05 Å². The van der Waals surface area contributed by atoms with E-state index < -0.39 is 5.24 Å². The van der Waals surface area contributed by atoms with Crippen molar-refractivity contribution in [2.45, 2.75) is 19.8 Å². The Kier molecular flexibility index (Phi) is 3.50. The van der Waals surface area contributed by atoms with Gasteiger partial charge >= 0.3 is 0 Å². The van der Waals surface area contributed by atoms with E-state index in [1.54, 1.807) is 7.05 Å². The number of halogens is 2. The number of nitrogens with zero attached hydrogens (tertiary/aromatic N) is 2. The van der Waals surface area contributed by atoms with Crippen LogP contribution in [0.25, 0.3) is 0 Å². The van der Waals surface area contributed by atoms with Crippen LogP contribution >= 0.6 is 27.5 Å². The van der Waals surface area contributed by atoms with Gasteiger partial charge in [-0.25, -0.2) is 0 Å². The molecule has 1 aromatic rings. The second-order valence-electron chi connectivity index (χ2n) is 2.76. The molecule has 3 nitrogen and oxygen atoms in total. The van der Waals surface area contributed by atoms with E-state index in [-0.39, 0.29) is 0 Å².